The van der Waals surface area contributed by atoms with Crippen LogP contribution in [0.25, 0.3) is 0 Å². The van der Waals surface area contributed by atoms with Crippen LogP contribution >= 0.6 is 27.5 Å². The minimum Gasteiger partial charge on any atom is -0.467 e. The molecule has 1 atom stereocenters. The van der Waals surface area contributed by atoms with Crippen LogP contribution in [0.4, 0.5) is 0 Å². The topological polar surface area (TPSA) is 55.4 Å². The molecule has 0 aliphatic heterocycles. The van der Waals surface area contributed by atoms with Crippen molar-refractivity contribution in [1.29, 1.82) is 0 Å². The van der Waals surface area contributed by atoms with Crippen LogP contribution in [0.3, 0.4) is 0 Å². The zero-order chi connectivity index (χ0) is 14.4. The SMILES string of the molecule is C=C(Br)C[C@@H](NC(=O)c1ccc(Cl)cc1)C(=O)OC. The van der Waals surface area contributed by atoms with E-state index < -0.39 is 12.0 Å². The lowest BCUT2D eigenvalue weighted by atomic mass is 10.1. The van der Waals surface area contributed by atoms with Crippen LogP contribution in [0.2, 0.25) is 5.02 Å². The summed E-state index contributed by atoms with van der Waals surface area (Å²) in [6, 6.07) is 5.59. The molecule has 1 aromatic rings. The first-order valence-electron chi connectivity index (χ1n) is 5.41. The fraction of sp³-hybridized carbons (Fsp3) is 0.231. The van der Waals surface area contributed by atoms with E-state index in [4.69, 9.17) is 11.6 Å². The molecule has 1 N–H and O–H groups in total. The minimum atomic E-state index is -0.778. The summed E-state index contributed by atoms with van der Waals surface area (Å²) < 4.78 is 5.23. The van der Waals surface area contributed by atoms with Crippen LogP contribution in [0.1, 0.15) is 16.8 Å². The number of ether oxygens (including phenoxy) is 1. The molecule has 0 saturated heterocycles. The van der Waals surface area contributed by atoms with Crippen LogP contribution in [0, 0.1) is 0 Å². The normalized spacial score (nSPS) is 11.5. The van der Waals surface area contributed by atoms with Gasteiger partial charge in [-0.2, -0.15) is 0 Å². The van der Waals surface area contributed by atoms with Crippen LogP contribution in [-0.2, 0) is 9.53 Å². The fourth-order valence-corrected chi connectivity index (χ4v) is 1.85. The van der Waals surface area contributed by atoms with Crippen LogP contribution in [-0.4, -0.2) is 25.0 Å². The smallest absolute Gasteiger partial charge is 0.328 e. The number of benzene rings is 1. The molecular weight excluding hydrogens is 334 g/mol. The number of carbonyl (C=O) groups excluding carboxylic acids is 2. The zero-order valence-electron chi connectivity index (χ0n) is 10.3. The molecule has 0 unspecified atom stereocenters. The Bertz CT molecular complexity index is 487. The largest absolute Gasteiger partial charge is 0.467 e. The van der Waals surface area contributed by atoms with Crippen molar-refractivity contribution >= 4 is 39.4 Å². The Morgan fingerprint density at radius 1 is 1.42 bits per heavy atom. The van der Waals surface area contributed by atoms with Gasteiger partial charge in [0.15, 0.2) is 0 Å². The van der Waals surface area contributed by atoms with Crippen molar-refractivity contribution in [2.45, 2.75) is 12.5 Å². The Morgan fingerprint density at radius 2 is 2.00 bits per heavy atom. The molecule has 0 spiro atoms. The summed E-state index contributed by atoms with van der Waals surface area (Å²) in [6.45, 7) is 3.64. The molecule has 0 radical (unpaired) electrons. The van der Waals surface area contributed by atoms with E-state index >= 15 is 0 Å². The summed E-state index contributed by atoms with van der Waals surface area (Å²) in [6.07, 6.45) is 0.256. The van der Waals surface area contributed by atoms with Gasteiger partial charge in [0, 0.05) is 17.0 Å². The average molecular weight is 347 g/mol. The number of methoxy groups -OCH3 is 1. The van der Waals surface area contributed by atoms with Crippen molar-refractivity contribution in [3.63, 3.8) is 0 Å². The molecule has 1 rings (SSSR count). The van der Waals surface area contributed by atoms with E-state index in [1.807, 2.05) is 0 Å². The van der Waals surface area contributed by atoms with Crippen molar-refractivity contribution in [1.82, 2.24) is 5.32 Å². The lowest BCUT2D eigenvalue weighted by molar-refractivity contribution is -0.142. The Labute approximate surface area is 124 Å². The molecule has 102 valence electrons. The summed E-state index contributed by atoms with van der Waals surface area (Å²) >= 11 is 8.90. The van der Waals surface area contributed by atoms with E-state index in [0.717, 1.165) is 0 Å². The summed E-state index contributed by atoms with van der Waals surface area (Å²) in [5.74, 6) is -0.899. The lowest BCUT2D eigenvalue weighted by Crippen LogP contribution is -2.41. The molecule has 0 saturated carbocycles. The fourth-order valence-electron chi connectivity index (χ4n) is 1.40. The van der Waals surface area contributed by atoms with Gasteiger partial charge in [0.1, 0.15) is 6.04 Å². The molecule has 0 aliphatic rings. The Kier molecular flexibility index (Phi) is 6.05. The maximum absolute atomic E-state index is 12.0. The molecule has 1 aromatic carbocycles. The van der Waals surface area contributed by atoms with Gasteiger partial charge >= 0.3 is 5.97 Å². The van der Waals surface area contributed by atoms with Gasteiger partial charge in [0.05, 0.1) is 7.11 Å². The Balaban J connectivity index is 2.78. The molecule has 0 aliphatic carbocycles. The van der Waals surface area contributed by atoms with E-state index in [9.17, 15) is 9.59 Å². The van der Waals surface area contributed by atoms with Crippen molar-refractivity contribution < 1.29 is 14.3 Å². The average Bonchev–Trinajstić information content (AvgIpc) is 2.37. The highest BCUT2D eigenvalue weighted by Crippen LogP contribution is 2.13. The molecule has 0 aromatic heterocycles. The van der Waals surface area contributed by atoms with Gasteiger partial charge in [-0.3, -0.25) is 4.79 Å². The monoisotopic (exact) mass is 345 g/mol. The first kappa shape index (κ1) is 15.7. The Morgan fingerprint density at radius 3 is 2.47 bits per heavy atom. The second-order valence-electron chi connectivity index (χ2n) is 3.78. The number of halogens is 2. The van der Waals surface area contributed by atoms with Gasteiger partial charge in [-0.25, -0.2) is 4.79 Å². The molecule has 1 amide bonds. The molecular formula is C13H13BrClNO3. The third-order valence-corrected chi connectivity index (χ3v) is 2.90. The van der Waals surface area contributed by atoms with Crippen molar-refractivity contribution in [3.8, 4) is 0 Å². The summed E-state index contributed by atoms with van der Waals surface area (Å²) in [5, 5.41) is 3.12. The predicted octanol–water partition coefficient (Wildman–Crippen LogP) is 2.91. The van der Waals surface area contributed by atoms with Gasteiger partial charge in [-0.05, 0) is 28.7 Å². The van der Waals surface area contributed by atoms with Crippen LogP contribution < -0.4 is 5.32 Å². The number of carbonyl (C=O) groups is 2. The highest BCUT2D eigenvalue weighted by molar-refractivity contribution is 9.11. The minimum absolute atomic E-state index is 0.256. The zero-order valence-corrected chi connectivity index (χ0v) is 12.6. The maximum Gasteiger partial charge on any atom is 0.328 e. The number of hydrogen-bond acceptors (Lipinski definition) is 3. The maximum atomic E-state index is 12.0. The first-order chi connectivity index (χ1) is 8.93. The van der Waals surface area contributed by atoms with Crippen LogP contribution in [0.5, 0.6) is 0 Å². The van der Waals surface area contributed by atoms with Gasteiger partial charge < -0.3 is 10.1 Å². The Hall–Kier alpha value is -1.33. The number of nitrogens with one attached hydrogen (secondary N) is 1. The van der Waals surface area contributed by atoms with E-state index in [-0.39, 0.29) is 12.3 Å². The lowest BCUT2D eigenvalue weighted by Gasteiger charge is -2.16. The standard InChI is InChI=1S/C13H13BrClNO3/c1-8(14)7-11(13(18)19-2)16-12(17)9-3-5-10(15)6-4-9/h3-6,11H,1,7H2,2H3,(H,16,17)/t11-/m1/s1. The molecule has 0 fully saturated rings. The van der Waals surface area contributed by atoms with Crippen molar-refractivity contribution in [2.24, 2.45) is 0 Å². The summed E-state index contributed by atoms with van der Waals surface area (Å²) in [4.78, 5) is 23.5. The van der Waals surface area contributed by atoms with E-state index in [1.54, 1.807) is 24.3 Å². The van der Waals surface area contributed by atoms with Gasteiger partial charge in [0.25, 0.3) is 5.91 Å². The van der Waals surface area contributed by atoms with Crippen molar-refractivity contribution in [3.05, 3.63) is 45.9 Å². The number of amides is 1. The molecule has 6 heteroatoms. The number of rotatable bonds is 5. The van der Waals surface area contributed by atoms with E-state index in [0.29, 0.717) is 15.1 Å². The van der Waals surface area contributed by atoms with E-state index in [2.05, 4.69) is 32.6 Å². The van der Waals surface area contributed by atoms with Gasteiger partial charge in [0.2, 0.25) is 0 Å². The first-order valence-corrected chi connectivity index (χ1v) is 6.58. The second-order valence-corrected chi connectivity index (χ2v) is 5.34. The molecule has 4 nitrogen and oxygen atoms in total. The molecule has 19 heavy (non-hydrogen) atoms. The predicted molar refractivity (Wildman–Crippen MR) is 77.4 cm³/mol. The summed E-state index contributed by atoms with van der Waals surface area (Å²) in [7, 11) is 1.26. The number of hydrogen-bond donors (Lipinski definition) is 1. The van der Waals surface area contributed by atoms with Gasteiger partial charge in [-0.1, -0.05) is 34.1 Å². The summed E-state index contributed by atoms with van der Waals surface area (Å²) in [5.41, 5.74) is 0.415. The number of esters is 1. The van der Waals surface area contributed by atoms with Crippen LogP contribution in [0.15, 0.2) is 35.3 Å². The van der Waals surface area contributed by atoms with E-state index in [1.165, 1.54) is 7.11 Å². The molecule has 0 heterocycles. The highest BCUT2D eigenvalue weighted by atomic mass is 79.9. The third kappa shape index (κ3) is 5.04. The quantitative estimate of drug-likeness (QED) is 0.834. The van der Waals surface area contributed by atoms with Crippen molar-refractivity contribution in [2.75, 3.05) is 7.11 Å². The second kappa shape index (κ2) is 7.31. The third-order valence-electron chi connectivity index (χ3n) is 2.32. The molecule has 0 bridgehead atoms. The van der Waals surface area contributed by atoms with Gasteiger partial charge in [-0.15, -0.1) is 0 Å². The highest BCUT2D eigenvalue weighted by Gasteiger charge is 2.22.